The van der Waals surface area contributed by atoms with Crippen molar-refractivity contribution in [3.8, 4) is 0 Å². The average Bonchev–Trinajstić information content (AvgIpc) is 2.68. The molecule has 0 heterocycles. The first-order valence-electron chi connectivity index (χ1n) is 8.66. The Hall–Kier alpha value is -3.67. The standard InChI is InChI=1S/C22H19NO5/c1-14(16-11-10-15-6-2-3-7-17(15)12-16)23-28-13-18-8-4-5-9-19(18)20(21(24)25)22(26)27/h2-12,20H,13H2,1H3,(H,24,25)(H,26,27). The first kappa shape index (κ1) is 19.1. The Labute approximate surface area is 161 Å². The van der Waals surface area contributed by atoms with Gasteiger partial charge >= 0.3 is 11.9 Å². The molecule has 6 heteroatoms. The van der Waals surface area contributed by atoms with Gasteiger partial charge in [0.2, 0.25) is 0 Å². The van der Waals surface area contributed by atoms with Crippen LogP contribution in [0, 0.1) is 0 Å². The van der Waals surface area contributed by atoms with Gasteiger partial charge in [-0.1, -0.05) is 65.8 Å². The number of oxime groups is 1. The van der Waals surface area contributed by atoms with E-state index in [0.29, 0.717) is 11.3 Å². The van der Waals surface area contributed by atoms with E-state index in [4.69, 9.17) is 4.84 Å². The molecule has 0 bridgehead atoms. The van der Waals surface area contributed by atoms with E-state index >= 15 is 0 Å². The molecule has 3 aromatic carbocycles. The maximum absolute atomic E-state index is 11.3. The van der Waals surface area contributed by atoms with Gasteiger partial charge in [0, 0.05) is 0 Å². The van der Waals surface area contributed by atoms with Crippen LogP contribution >= 0.6 is 0 Å². The number of hydrogen-bond acceptors (Lipinski definition) is 4. The first-order valence-corrected chi connectivity index (χ1v) is 8.66. The third-order valence-corrected chi connectivity index (χ3v) is 4.45. The summed E-state index contributed by atoms with van der Waals surface area (Å²) >= 11 is 0. The smallest absolute Gasteiger partial charge is 0.322 e. The molecule has 0 unspecified atom stereocenters. The van der Waals surface area contributed by atoms with E-state index in [0.717, 1.165) is 16.3 Å². The lowest BCUT2D eigenvalue weighted by Crippen LogP contribution is -2.22. The summed E-state index contributed by atoms with van der Waals surface area (Å²) in [5.41, 5.74) is 2.21. The Balaban J connectivity index is 1.78. The zero-order valence-electron chi connectivity index (χ0n) is 15.2. The summed E-state index contributed by atoms with van der Waals surface area (Å²) in [5, 5.41) is 24.8. The monoisotopic (exact) mass is 377 g/mol. The molecule has 2 N–H and O–H groups in total. The number of fused-ring (bicyclic) bond motifs is 1. The highest BCUT2D eigenvalue weighted by Crippen LogP contribution is 2.22. The molecule has 0 amide bonds. The van der Waals surface area contributed by atoms with Crippen molar-refractivity contribution < 1.29 is 24.6 Å². The minimum absolute atomic E-state index is 0.0296. The van der Waals surface area contributed by atoms with Crippen molar-refractivity contribution in [2.75, 3.05) is 0 Å². The van der Waals surface area contributed by atoms with Crippen LogP contribution < -0.4 is 0 Å². The van der Waals surface area contributed by atoms with Gasteiger partial charge < -0.3 is 15.1 Å². The highest BCUT2D eigenvalue weighted by molar-refractivity contribution is 6.01. The number of carboxylic acids is 2. The Morgan fingerprint density at radius 1 is 0.929 bits per heavy atom. The molecule has 0 aliphatic heterocycles. The van der Waals surface area contributed by atoms with Crippen LogP contribution in [0.4, 0.5) is 0 Å². The van der Waals surface area contributed by atoms with Crippen LogP contribution in [-0.2, 0) is 21.0 Å². The van der Waals surface area contributed by atoms with E-state index in [1.165, 1.54) is 6.07 Å². The number of aliphatic carboxylic acids is 2. The van der Waals surface area contributed by atoms with E-state index in [-0.39, 0.29) is 12.2 Å². The first-order chi connectivity index (χ1) is 13.5. The summed E-state index contributed by atoms with van der Waals surface area (Å²) in [6.07, 6.45) is 0. The van der Waals surface area contributed by atoms with Crippen LogP contribution in [0.2, 0.25) is 0 Å². The Bertz CT molecular complexity index is 1040. The SMILES string of the molecule is CC(=NOCc1ccccc1C(C(=O)O)C(=O)O)c1ccc2ccccc2c1. The minimum Gasteiger partial charge on any atom is -0.480 e. The third-order valence-electron chi connectivity index (χ3n) is 4.45. The van der Waals surface area contributed by atoms with Crippen LogP contribution in [0.5, 0.6) is 0 Å². The van der Waals surface area contributed by atoms with E-state index in [9.17, 15) is 19.8 Å². The molecule has 0 aromatic heterocycles. The van der Waals surface area contributed by atoms with Crippen LogP contribution in [0.1, 0.15) is 29.5 Å². The zero-order chi connectivity index (χ0) is 20.1. The number of benzene rings is 3. The van der Waals surface area contributed by atoms with E-state index in [1.54, 1.807) is 18.2 Å². The maximum Gasteiger partial charge on any atom is 0.322 e. The van der Waals surface area contributed by atoms with Crippen molar-refractivity contribution in [3.63, 3.8) is 0 Å². The maximum atomic E-state index is 11.3. The summed E-state index contributed by atoms with van der Waals surface area (Å²) in [6, 6.07) is 20.4. The topological polar surface area (TPSA) is 96.2 Å². The molecule has 0 aliphatic carbocycles. The van der Waals surface area contributed by atoms with Gasteiger partial charge in [-0.05, 0) is 40.5 Å². The van der Waals surface area contributed by atoms with Gasteiger partial charge in [-0.2, -0.15) is 0 Å². The van der Waals surface area contributed by atoms with Gasteiger partial charge in [0.05, 0.1) is 5.71 Å². The van der Waals surface area contributed by atoms with Gasteiger partial charge in [-0.3, -0.25) is 9.59 Å². The lowest BCUT2D eigenvalue weighted by Gasteiger charge is -2.13. The molecule has 0 fully saturated rings. The third kappa shape index (κ3) is 4.17. The normalized spacial score (nSPS) is 11.6. The van der Waals surface area contributed by atoms with Crippen molar-refractivity contribution in [2.24, 2.45) is 5.16 Å². The summed E-state index contributed by atoms with van der Waals surface area (Å²) in [4.78, 5) is 28.0. The summed E-state index contributed by atoms with van der Waals surface area (Å²) < 4.78 is 0. The van der Waals surface area contributed by atoms with Gasteiger partial charge in [0.25, 0.3) is 0 Å². The van der Waals surface area contributed by atoms with Crippen LogP contribution in [0.15, 0.2) is 71.9 Å². The Kier molecular flexibility index (Phi) is 5.69. The quantitative estimate of drug-likeness (QED) is 0.368. The second-order valence-electron chi connectivity index (χ2n) is 6.32. The van der Waals surface area contributed by atoms with Gasteiger partial charge in [-0.25, -0.2) is 0 Å². The highest BCUT2D eigenvalue weighted by atomic mass is 16.6. The largest absolute Gasteiger partial charge is 0.480 e. The molecule has 28 heavy (non-hydrogen) atoms. The molecule has 0 spiro atoms. The second kappa shape index (κ2) is 8.35. The molecular formula is C22H19NO5. The number of carbonyl (C=O) groups is 2. The molecule has 3 rings (SSSR count). The van der Waals surface area contributed by atoms with Gasteiger partial charge in [0.15, 0.2) is 5.92 Å². The van der Waals surface area contributed by atoms with Crippen LogP contribution in [0.25, 0.3) is 10.8 Å². The molecule has 0 atom stereocenters. The van der Waals surface area contributed by atoms with E-state index in [1.807, 2.05) is 49.4 Å². The minimum atomic E-state index is -1.65. The number of carboxylic acid groups (broad SMARTS) is 2. The van der Waals surface area contributed by atoms with Crippen molar-refractivity contribution in [3.05, 3.63) is 83.4 Å². The fraction of sp³-hybridized carbons (Fsp3) is 0.136. The van der Waals surface area contributed by atoms with Crippen LogP contribution in [-0.4, -0.2) is 27.9 Å². The lowest BCUT2D eigenvalue weighted by molar-refractivity contribution is -0.150. The van der Waals surface area contributed by atoms with Crippen molar-refractivity contribution in [1.82, 2.24) is 0 Å². The molecule has 0 aliphatic rings. The van der Waals surface area contributed by atoms with E-state index < -0.39 is 17.9 Å². The van der Waals surface area contributed by atoms with Gasteiger partial charge in [0.1, 0.15) is 6.61 Å². The molecular weight excluding hydrogens is 358 g/mol. The van der Waals surface area contributed by atoms with Crippen molar-refractivity contribution >= 4 is 28.4 Å². The number of nitrogens with zero attached hydrogens (tertiary/aromatic N) is 1. The summed E-state index contributed by atoms with van der Waals surface area (Å²) in [7, 11) is 0. The molecule has 142 valence electrons. The number of rotatable bonds is 7. The summed E-state index contributed by atoms with van der Waals surface area (Å²) in [5.74, 6) is -4.49. The zero-order valence-corrected chi connectivity index (χ0v) is 15.2. The lowest BCUT2D eigenvalue weighted by atomic mass is 9.94. The molecule has 0 saturated heterocycles. The highest BCUT2D eigenvalue weighted by Gasteiger charge is 2.29. The van der Waals surface area contributed by atoms with E-state index in [2.05, 4.69) is 5.16 Å². The Morgan fingerprint density at radius 3 is 2.29 bits per heavy atom. The van der Waals surface area contributed by atoms with Crippen molar-refractivity contribution in [1.29, 1.82) is 0 Å². The summed E-state index contributed by atoms with van der Waals surface area (Å²) in [6.45, 7) is 1.78. The fourth-order valence-electron chi connectivity index (χ4n) is 2.98. The molecule has 0 radical (unpaired) electrons. The van der Waals surface area contributed by atoms with Crippen LogP contribution in [0.3, 0.4) is 0 Å². The van der Waals surface area contributed by atoms with Gasteiger partial charge in [-0.15, -0.1) is 0 Å². The molecule has 0 saturated carbocycles. The Morgan fingerprint density at radius 2 is 1.57 bits per heavy atom. The van der Waals surface area contributed by atoms with Crippen molar-refractivity contribution in [2.45, 2.75) is 19.4 Å². The number of hydrogen-bond donors (Lipinski definition) is 2. The molecule has 3 aromatic rings. The fourth-order valence-corrected chi connectivity index (χ4v) is 2.98. The second-order valence-corrected chi connectivity index (χ2v) is 6.32. The molecule has 6 nitrogen and oxygen atoms in total. The average molecular weight is 377 g/mol. The predicted octanol–water partition coefficient (Wildman–Crippen LogP) is 4.03. The predicted molar refractivity (Wildman–Crippen MR) is 105 cm³/mol.